The Kier molecular flexibility index (Phi) is 3.28. The first-order valence-electron chi connectivity index (χ1n) is 7.04. The quantitative estimate of drug-likeness (QED) is 0.595. The number of rotatable bonds is 3. The average molecular weight is 311 g/mol. The lowest BCUT2D eigenvalue weighted by Gasteiger charge is -2.00. The van der Waals surface area contributed by atoms with Gasteiger partial charge in [0.2, 0.25) is 0 Å². The molecule has 0 saturated heterocycles. The first-order valence-corrected chi connectivity index (χ1v) is 8.24. The fraction of sp³-hybridized carbons (Fsp3) is 0.167. The Labute approximate surface area is 133 Å². The zero-order valence-corrected chi connectivity index (χ0v) is 12.9. The first-order chi connectivity index (χ1) is 10.3. The molecule has 103 valence electrons. The zero-order valence-electron chi connectivity index (χ0n) is 11.3. The molecule has 1 aromatic heterocycles. The molecule has 0 unspecified atom stereocenters. The van der Waals surface area contributed by atoms with Crippen molar-refractivity contribution >= 4 is 22.9 Å². The molecule has 3 aromatic rings. The molecule has 1 fully saturated rings. The van der Waals surface area contributed by atoms with Crippen LogP contribution in [0.3, 0.4) is 0 Å². The fourth-order valence-electron chi connectivity index (χ4n) is 2.41. The van der Waals surface area contributed by atoms with Gasteiger partial charge in [-0.2, -0.15) is 0 Å². The van der Waals surface area contributed by atoms with Crippen LogP contribution >= 0.6 is 22.9 Å². The molecule has 21 heavy (non-hydrogen) atoms. The van der Waals surface area contributed by atoms with Gasteiger partial charge in [0.25, 0.3) is 0 Å². The maximum atomic E-state index is 5.92. The molecule has 0 aliphatic heterocycles. The van der Waals surface area contributed by atoms with E-state index < -0.39 is 0 Å². The van der Waals surface area contributed by atoms with Crippen LogP contribution in [0.4, 0.5) is 0 Å². The monoisotopic (exact) mass is 310 g/mol. The smallest absolute Gasteiger partial charge is 0.124 e. The van der Waals surface area contributed by atoms with Crippen molar-refractivity contribution < 1.29 is 0 Å². The third-order valence-electron chi connectivity index (χ3n) is 3.78. The molecule has 2 aromatic carbocycles. The number of hydrogen-bond acceptors (Lipinski definition) is 2. The summed E-state index contributed by atoms with van der Waals surface area (Å²) in [7, 11) is 0. The highest BCUT2D eigenvalue weighted by Gasteiger charge is 2.23. The number of aromatic nitrogens is 1. The van der Waals surface area contributed by atoms with Gasteiger partial charge >= 0.3 is 0 Å². The molecule has 0 bridgehead atoms. The van der Waals surface area contributed by atoms with Crippen molar-refractivity contribution in [3.63, 3.8) is 0 Å². The van der Waals surface area contributed by atoms with Crippen molar-refractivity contribution in [3.05, 3.63) is 64.5 Å². The maximum absolute atomic E-state index is 5.92. The molecule has 1 aliphatic carbocycles. The summed E-state index contributed by atoms with van der Waals surface area (Å²) in [5.41, 5.74) is 4.56. The third kappa shape index (κ3) is 2.74. The second-order valence-corrected chi connectivity index (χ2v) is 6.60. The van der Waals surface area contributed by atoms with E-state index in [1.807, 2.05) is 24.3 Å². The van der Waals surface area contributed by atoms with E-state index in [1.54, 1.807) is 11.3 Å². The van der Waals surface area contributed by atoms with E-state index in [-0.39, 0.29) is 0 Å². The fourth-order valence-corrected chi connectivity index (χ4v) is 3.29. The Balaban J connectivity index is 1.62. The number of thiazole rings is 1. The predicted octanol–water partition coefficient (Wildman–Crippen LogP) is 5.81. The molecule has 1 radical (unpaired) electrons. The van der Waals surface area contributed by atoms with E-state index in [4.69, 9.17) is 16.6 Å². The van der Waals surface area contributed by atoms with E-state index in [2.05, 4.69) is 29.6 Å². The Hall–Kier alpha value is -1.64. The Morgan fingerprint density at radius 2 is 1.62 bits per heavy atom. The molecule has 3 heteroatoms. The highest BCUT2D eigenvalue weighted by atomic mass is 35.5. The average Bonchev–Trinajstić information content (AvgIpc) is 3.26. The molecule has 0 N–H and O–H groups in total. The molecule has 1 nitrogen and oxygen atoms in total. The van der Waals surface area contributed by atoms with E-state index in [1.165, 1.54) is 24.0 Å². The van der Waals surface area contributed by atoms with Gasteiger partial charge in [0.1, 0.15) is 5.01 Å². The van der Waals surface area contributed by atoms with Crippen LogP contribution in [0.15, 0.2) is 48.5 Å². The van der Waals surface area contributed by atoms with E-state index in [0.29, 0.717) is 0 Å². The van der Waals surface area contributed by atoms with Crippen molar-refractivity contribution in [2.24, 2.45) is 0 Å². The molecule has 4 rings (SSSR count). The Morgan fingerprint density at radius 1 is 0.952 bits per heavy atom. The van der Waals surface area contributed by atoms with Crippen LogP contribution in [-0.4, -0.2) is 4.98 Å². The summed E-state index contributed by atoms with van der Waals surface area (Å²) in [6, 6.07) is 16.5. The van der Waals surface area contributed by atoms with Gasteiger partial charge in [-0.15, -0.1) is 11.3 Å². The molecule has 1 saturated carbocycles. The minimum atomic E-state index is 0.741. The Bertz CT molecular complexity index is 755. The molecular formula is C18H13ClNS. The number of hydrogen-bond donors (Lipinski definition) is 0. The lowest BCUT2D eigenvalue weighted by atomic mass is 10.1. The van der Waals surface area contributed by atoms with E-state index >= 15 is 0 Å². The van der Waals surface area contributed by atoms with Crippen LogP contribution in [-0.2, 0) is 0 Å². The number of nitrogens with zero attached hydrogens (tertiary/aromatic N) is 1. The maximum Gasteiger partial charge on any atom is 0.124 e. The number of benzene rings is 2. The lowest BCUT2D eigenvalue weighted by Crippen LogP contribution is -1.82. The summed E-state index contributed by atoms with van der Waals surface area (Å²) >= 11 is 7.48. The van der Waals surface area contributed by atoms with Crippen molar-refractivity contribution in [2.45, 2.75) is 18.8 Å². The van der Waals surface area contributed by atoms with Gasteiger partial charge in [0.05, 0.1) is 11.1 Å². The topological polar surface area (TPSA) is 12.9 Å². The van der Waals surface area contributed by atoms with Gasteiger partial charge in [-0.05, 0) is 36.5 Å². The number of halogens is 1. The standard InChI is InChI=1S/C18H13ClNS/c19-16-9-7-14(8-10-16)17-11-21-18(20-17)15-5-3-13(4-6-15)12-1-2-12/h3-10,12H,1-2H2. The van der Waals surface area contributed by atoms with Crippen molar-refractivity contribution in [1.82, 2.24) is 4.98 Å². The van der Waals surface area contributed by atoms with Crippen LogP contribution in [0.5, 0.6) is 0 Å². The van der Waals surface area contributed by atoms with Crippen LogP contribution in [0.1, 0.15) is 24.3 Å². The van der Waals surface area contributed by atoms with Crippen LogP contribution in [0.2, 0.25) is 5.02 Å². The zero-order chi connectivity index (χ0) is 14.2. The molecule has 0 atom stereocenters. The second kappa shape index (κ2) is 5.28. The molecule has 1 aliphatic rings. The van der Waals surface area contributed by atoms with Gasteiger partial charge < -0.3 is 0 Å². The summed E-state index contributed by atoms with van der Waals surface area (Å²) < 4.78 is 0. The van der Waals surface area contributed by atoms with Crippen molar-refractivity contribution in [1.29, 1.82) is 0 Å². The third-order valence-corrected chi connectivity index (χ3v) is 4.85. The van der Waals surface area contributed by atoms with Gasteiger partial charge in [-0.3, -0.25) is 0 Å². The van der Waals surface area contributed by atoms with Crippen LogP contribution < -0.4 is 0 Å². The minimum Gasteiger partial charge on any atom is -0.235 e. The first kappa shape index (κ1) is 13.1. The van der Waals surface area contributed by atoms with Gasteiger partial charge in [0.15, 0.2) is 0 Å². The minimum absolute atomic E-state index is 0.741. The van der Waals surface area contributed by atoms with E-state index in [9.17, 15) is 0 Å². The normalized spacial score (nSPS) is 14.3. The SMILES string of the molecule is Clc1ccc(-c2[c]sc(-c3ccc(C4CC4)cc3)n2)cc1. The molecule has 1 heterocycles. The van der Waals surface area contributed by atoms with Gasteiger partial charge in [0, 0.05) is 16.1 Å². The summed E-state index contributed by atoms with van der Waals surface area (Å²) in [6.07, 6.45) is 2.68. The van der Waals surface area contributed by atoms with Crippen LogP contribution in [0, 0.1) is 5.38 Å². The van der Waals surface area contributed by atoms with Gasteiger partial charge in [-0.1, -0.05) is 48.0 Å². The summed E-state index contributed by atoms with van der Waals surface area (Å²) in [5, 5.41) is 5.03. The molecule has 0 spiro atoms. The largest absolute Gasteiger partial charge is 0.235 e. The molecular weight excluding hydrogens is 298 g/mol. The molecule has 0 amide bonds. The van der Waals surface area contributed by atoms with Crippen LogP contribution in [0.25, 0.3) is 21.8 Å². The lowest BCUT2D eigenvalue weighted by molar-refractivity contribution is 1.13. The summed E-state index contributed by atoms with van der Waals surface area (Å²) in [6.45, 7) is 0. The summed E-state index contributed by atoms with van der Waals surface area (Å²) in [4.78, 5) is 4.69. The highest BCUT2D eigenvalue weighted by molar-refractivity contribution is 7.13. The van der Waals surface area contributed by atoms with E-state index in [0.717, 1.165) is 27.2 Å². The predicted molar refractivity (Wildman–Crippen MR) is 88.8 cm³/mol. The highest BCUT2D eigenvalue weighted by Crippen LogP contribution is 2.40. The summed E-state index contributed by atoms with van der Waals surface area (Å²) in [5.74, 6) is 0.798. The Morgan fingerprint density at radius 3 is 2.29 bits per heavy atom. The van der Waals surface area contributed by atoms with Crippen molar-refractivity contribution in [3.8, 4) is 21.8 Å². The second-order valence-electron chi connectivity index (χ2n) is 5.37. The van der Waals surface area contributed by atoms with Gasteiger partial charge in [-0.25, -0.2) is 4.98 Å². The van der Waals surface area contributed by atoms with Crippen molar-refractivity contribution in [2.75, 3.05) is 0 Å².